The molecule has 0 atom stereocenters. The first kappa shape index (κ1) is 18.3. The normalized spacial score (nSPS) is 9.61. The van der Waals surface area contributed by atoms with Crippen LogP contribution in [-0.2, 0) is 0 Å². The van der Waals surface area contributed by atoms with Crippen molar-refractivity contribution in [1.29, 1.82) is 0 Å². The van der Waals surface area contributed by atoms with E-state index in [2.05, 4.69) is 17.1 Å². The van der Waals surface area contributed by atoms with Crippen molar-refractivity contribution >= 4 is 11.8 Å². The van der Waals surface area contributed by atoms with Crippen LogP contribution < -0.4 is 17.1 Å². The van der Waals surface area contributed by atoms with Gasteiger partial charge in [0.15, 0.2) is 0 Å². The summed E-state index contributed by atoms with van der Waals surface area (Å²) in [5, 5.41) is 1.35. The molecule has 0 aliphatic heterocycles. The highest BCUT2D eigenvalue weighted by atomic mass is 16.2. The summed E-state index contributed by atoms with van der Waals surface area (Å²) in [6.07, 6.45) is 0. The zero-order valence-electron chi connectivity index (χ0n) is 13.3. The third-order valence-corrected chi connectivity index (χ3v) is 3.01. The summed E-state index contributed by atoms with van der Waals surface area (Å²) in [5.74, 6) is 7.48. The SMILES string of the molecule is CC(C)N(NC(=O)c1ccccc1)C(=O)c1ccccc1.NN. The zero-order valence-corrected chi connectivity index (χ0v) is 13.3. The minimum atomic E-state index is -0.298. The molecule has 2 aromatic rings. The maximum atomic E-state index is 12.5. The highest BCUT2D eigenvalue weighted by Gasteiger charge is 2.21. The summed E-state index contributed by atoms with van der Waals surface area (Å²) < 4.78 is 0. The van der Waals surface area contributed by atoms with E-state index in [-0.39, 0.29) is 17.9 Å². The van der Waals surface area contributed by atoms with Gasteiger partial charge in [0.2, 0.25) is 0 Å². The van der Waals surface area contributed by atoms with E-state index in [0.717, 1.165) is 0 Å². The molecule has 23 heavy (non-hydrogen) atoms. The Balaban J connectivity index is 0.00000127. The van der Waals surface area contributed by atoms with E-state index in [9.17, 15) is 9.59 Å². The second kappa shape index (κ2) is 9.34. The van der Waals surface area contributed by atoms with E-state index >= 15 is 0 Å². The molecule has 0 unspecified atom stereocenters. The molecular formula is C17H22N4O2. The van der Waals surface area contributed by atoms with Crippen molar-refractivity contribution in [3.05, 3.63) is 71.8 Å². The number of carbonyl (C=O) groups is 2. The second-order valence-electron chi connectivity index (χ2n) is 4.94. The van der Waals surface area contributed by atoms with Gasteiger partial charge in [-0.05, 0) is 38.1 Å². The molecule has 0 aliphatic carbocycles. The first-order valence-corrected chi connectivity index (χ1v) is 7.17. The molecule has 0 bridgehead atoms. The number of hydrogen-bond acceptors (Lipinski definition) is 4. The Kier molecular flexibility index (Phi) is 7.45. The fraction of sp³-hybridized carbons (Fsp3) is 0.176. The Morgan fingerprint density at radius 2 is 1.30 bits per heavy atom. The molecular weight excluding hydrogens is 292 g/mol. The fourth-order valence-electron chi connectivity index (χ4n) is 1.90. The lowest BCUT2D eigenvalue weighted by Gasteiger charge is -2.27. The maximum Gasteiger partial charge on any atom is 0.272 e. The van der Waals surface area contributed by atoms with Gasteiger partial charge in [-0.25, -0.2) is 5.01 Å². The van der Waals surface area contributed by atoms with Crippen LogP contribution in [0, 0.1) is 0 Å². The van der Waals surface area contributed by atoms with Crippen molar-refractivity contribution in [3.8, 4) is 0 Å². The predicted molar refractivity (Wildman–Crippen MR) is 90.0 cm³/mol. The van der Waals surface area contributed by atoms with E-state index in [1.807, 2.05) is 26.0 Å². The molecule has 2 aromatic carbocycles. The Hall–Kier alpha value is -2.70. The van der Waals surface area contributed by atoms with Crippen molar-refractivity contribution in [3.63, 3.8) is 0 Å². The maximum absolute atomic E-state index is 12.5. The van der Waals surface area contributed by atoms with Gasteiger partial charge < -0.3 is 0 Å². The summed E-state index contributed by atoms with van der Waals surface area (Å²) in [6.45, 7) is 3.71. The standard InChI is InChI=1S/C17H18N2O2.H4N2/c1-13(2)19(17(21)15-11-7-4-8-12-15)18-16(20)14-9-5-3-6-10-14;1-2/h3-13H,1-2H3,(H,18,20);1-2H2. The van der Waals surface area contributed by atoms with Gasteiger partial charge in [0.1, 0.15) is 0 Å². The van der Waals surface area contributed by atoms with Crippen LogP contribution in [0.5, 0.6) is 0 Å². The molecule has 2 amide bonds. The third kappa shape index (κ3) is 5.21. The Morgan fingerprint density at radius 1 is 0.870 bits per heavy atom. The molecule has 0 fully saturated rings. The lowest BCUT2D eigenvalue weighted by molar-refractivity contribution is 0.0516. The van der Waals surface area contributed by atoms with E-state index in [1.165, 1.54) is 5.01 Å². The molecule has 0 aliphatic rings. The van der Waals surface area contributed by atoms with Crippen LogP contribution in [0.1, 0.15) is 34.6 Å². The minimum absolute atomic E-state index is 0.148. The average molecular weight is 314 g/mol. The predicted octanol–water partition coefficient (Wildman–Crippen LogP) is 1.70. The van der Waals surface area contributed by atoms with Crippen molar-refractivity contribution in [2.45, 2.75) is 19.9 Å². The van der Waals surface area contributed by atoms with Crippen LogP contribution >= 0.6 is 0 Å². The Morgan fingerprint density at radius 3 is 1.74 bits per heavy atom. The molecule has 122 valence electrons. The fourth-order valence-corrected chi connectivity index (χ4v) is 1.90. The molecule has 0 heterocycles. The van der Waals surface area contributed by atoms with E-state index in [4.69, 9.17) is 0 Å². The van der Waals surface area contributed by atoms with E-state index in [1.54, 1.807) is 48.5 Å². The Bertz CT molecular complexity index is 615. The van der Waals surface area contributed by atoms with Crippen LogP contribution in [0.15, 0.2) is 60.7 Å². The van der Waals surface area contributed by atoms with Gasteiger partial charge >= 0.3 is 0 Å². The van der Waals surface area contributed by atoms with Crippen LogP contribution in [0.2, 0.25) is 0 Å². The number of carbonyl (C=O) groups excluding carboxylic acids is 2. The lowest BCUT2D eigenvalue weighted by Crippen LogP contribution is -2.50. The van der Waals surface area contributed by atoms with Crippen molar-refractivity contribution < 1.29 is 9.59 Å². The van der Waals surface area contributed by atoms with Gasteiger partial charge in [0, 0.05) is 17.2 Å². The average Bonchev–Trinajstić information content (AvgIpc) is 2.62. The molecule has 2 rings (SSSR count). The number of benzene rings is 2. The van der Waals surface area contributed by atoms with Crippen molar-refractivity contribution in [2.24, 2.45) is 11.7 Å². The summed E-state index contributed by atoms with van der Waals surface area (Å²) in [7, 11) is 0. The summed E-state index contributed by atoms with van der Waals surface area (Å²) in [6, 6.07) is 17.6. The van der Waals surface area contributed by atoms with Gasteiger partial charge in [0.25, 0.3) is 11.8 Å². The van der Waals surface area contributed by atoms with Crippen molar-refractivity contribution in [1.82, 2.24) is 10.4 Å². The Labute approximate surface area is 136 Å². The number of hydrazine groups is 2. The number of nitrogens with one attached hydrogen (secondary N) is 1. The molecule has 6 nitrogen and oxygen atoms in total. The number of nitrogens with zero attached hydrogens (tertiary/aromatic N) is 1. The van der Waals surface area contributed by atoms with Gasteiger partial charge in [-0.1, -0.05) is 36.4 Å². The topological polar surface area (TPSA) is 101 Å². The lowest BCUT2D eigenvalue weighted by atomic mass is 10.2. The van der Waals surface area contributed by atoms with Gasteiger partial charge in [-0.2, -0.15) is 0 Å². The quantitative estimate of drug-likeness (QED) is 0.593. The summed E-state index contributed by atoms with van der Waals surface area (Å²) in [5.41, 5.74) is 3.73. The summed E-state index contributed by atoms with van der Waals surface area (Å²) >= 11 is 0. The number of rotatable bonds is 3. The van der Waals surface area contributed by atoms with Crippen LogP contribution in [0.3, 0.4) is 0 Å². The molecule has 0 spiro atoms. The van der Waals surface area contributed by atoms with Gasteiger partial charge in [-0.3, -0.25) is 26.7 Å². The summed E-state index contributed by atoms with van der Waals surface area (Å²) in [4.78, 5) is 24.7. The van der Waals surface area contributed by atoms with Crippen LogP contribution in [0.4, 0.5) is 0 Å². The molecule has 5 N–H and O–H groups in total. The van der Waals surface area contributed by atoms with Crippen LogP contribution in [0.25, 0.3) is 0 Å². The van der Waals surface area contributed by atoms with E-state index in [0.29, 0.717) is 11.1 Å². The first-order valence-electron chi connectivity index (χ1n) is 7.17. The third-order valence-electron chi connectivity index (χ3n) is 3.01. The second-order valence-corrected chi connectivity index (χ2v) is 4.94. The molecule has 0 saturated carbocycles. The molecule has 6 heteroatoms. The first-order chi connectivity index (χ1) is 11.1. The highest BCUT2D eigenvalue weighted by molar-refractivity contribution is 5.99. The zero-order chi connectivity index (χ0) is 17.2. The smallest absolute Gasteiger partial charge is 0.272 e. The highest BCUT2D eigenvalue weighted by Crippen LogP contribution is 2.07. The molecule has 0 aromatic heterocycles. The van der Waals surface area contributed by atoms with Crippen molar-refractivity contribution in [2.75, 3.05) is 0 Å². The monoisotopic (exact) mass is 314 g/mol. The number of hydrogen-bond donors (Lipinski definition) is 3. The van der Waals surface area contributed by atoms with Gasteiger partial charge in [0.05, 0.1) is 0 Å². The largest absolute Gasteiger partial charge is 0.274 e. The molecule has 0 radical (unpaired) electrons. The van der Waals surface area contributed by atoms with E-state index < -0.39 is 0 Å². The molecule has 0 saturated heterocycles. The number of amides is 2. The number of nitrogens with two attached hydrogens (primary N) is 2. The minimum Gasteiger partial charge on any atom is -0.274 e. The van der Waals surface area contributed by atoms with Crippen LogP contribution in [-0.4, -0.2) is 22.9 Å². The van der Waals surface area contributed by atoms with Gasteiger partial charge in [-0.15, -0.1) is 0 Å².